The van der Waals surface area contributed by atoms with E-state index in [2.05, 4.69) is 5.32 Å². The molecule has 0 saturated heterocycles. The zero-order valence-corrected chi connectivity index (χ0v) is 24.9. The van der Waals surface area contributed by atoms with Crippen molar-refractivity contribution < 1.29 is 18.0 Å². The molecule has 0 aromatic heterocycles. The topological polar surface area (TPSA) is 86.8 Å². The number of carbonyl (C=O) groups excluding carboxylic acids is 2. The maximum atomic E-state index is 13.8. The fourth-order valence-corrected chi connectivity index (χ4v) is 5.51. The molecule has 0 aliphatic rings. The first-order valence-corrected chi connectivity index (χ1v) is 15.7. The van der Waals surface area contributed by atoms with Gasteiger partial charge in [0.2, 0.25) is 21.8 Å². The Morgan fingerprint density at radius 3 is 2.17 bits per heavy atom. The van der Waals surface area contributed by atoms with Crippen LogP contribution in [0.4, 0.5) is 5.69 Å². The molecule has 40 heavy (non-hydrogen) atoms. The van der Waals surface area contributed by atoms with Crippen LogP contribution in [-0.4, -0.2) is 50.5 Å². The molecule has 0 radical (unpaired) electrons. The molecule has 3 rings (SSSR count). The first kappa shape index (κ1) is 31.2. The lowest BCUT2D eigenvalue weighted by Gasteiger charge is -2.32. The van der Waals surface area contributed by atoms with E-state index in [0.717, 1.165) is 29.4 Å². The fourth-order valence-electron chi connectivity index (χ4n) is 4.42. The van der Waals surface area contributed by atoms with Gasteiger partial charge in [0.1, 0.15) is 6.04 Å². The van der Waals surface area contributed by atoms with Crippen LogP contribution in [0.3, 0.4) is 0 Å². The van der Waals surface area contributed by atoms with Crippen LogP contribution in [0.15, 0.2) is 78.9 Å². The van der Waals surface area contributed by atoms with E-state index in [1.807, 2.05) is 68.4 Å². The van der Waals surface area contributed by atoms with Gasteiger partial charge in [0.15, 0.2) is 0 Å². The van der Waals surface area contributed by atoms with E-state index in [0.29, 0.717) is 30.1 Å². The van der Waals surface area contributed by atoms with Crippen LogP contribution in [0.5, 0.6) is 0 Å². The third kappa shape index (κ3) is 9.38. The number of benzene rings is 3. The zero-order chi connectivity index (χ0) is 29.1. The van der Waals surface area contributed by atoms with Gasteiger partial charge in [-0.3, -0.25) is 13.9 Å². The summed E-state index contributed by atoms with van der Waals surface area (Å²) >= 11 is 6.08. The molecule has 0 fully saturated rings. The number of carbonyl (C=O) groups is 2. The Bertz CT molecular complexity index is 1350. The molecule has 1 N–H and O–H groups in total. The average molecular weight is 584 g/mol. The van der Waals surface area contributed by atoms with Gasteiger partial charge in [-0.15, -0.1) is 0 Å². The summed E-state index contributed by atoms with van der Waals surface area (Å²) in [7, 11) is -3.55. The zero-order valence-electron chi connectivity index (χ0n) is 23.3. The van der Waals surface area contributed by atoms with E-state index >= 15 is 0 Å². The molecule has 0 heterocycles. The first-order valence-electron chi connectivity index (χ1n) is 13.5. The van der Waals surface area contributed by atoms with Gasteiger partial charge in [0, 0.05) is 37.5 Å². The summed E-state index contributed by atoms with van der Waals surface area (Å²) < 4.78 is 26.4. The largest absolute Gasteiger partial charge is 0.354 e. The summed E-state index contributed by atoms with van der Waals surface area (Å²) in [6, 6.07) is 23.3. The van der Waals surface area contributed by atoms with Gasteiger partial charge in [-0.2, -0.15) is 0 Å². The van der Waals surface area contributed by atoms with Crippen molar-refractivity contribution in [3.63, 3.8) is 0 Å². The van der Waals surface area contributed by atoms with Crippen molar-refractivity contribution in [3.05, 3.63) is 101 Å². The predicted molar refractivity (Wildman–Crippen MR) is 162 cm³/mol. The Morgan fingerprint density at radius 1 is 0.925 bits per heavy atom. The quantitative estimate of drug-likeness (QED) is 0.277. The Balaban J connectivity index is 1.85. The molecule has 1 unspecified atom stereocenters. The predicted octanol–water partition coefficient (Wildman–Crippen LogP) is 5.36. The maximum absolute atomic E-state index is 13.8. The molecule has 3 aromatic rings. The molecule has 0 aliphatic heterocycles. The minimum Gasteiger partial charge on any atom is -0.354 e. The number of hydrogen-bond donors (Lipinski definition) is 1. The number of halogens is 1. The number of amides is 2. The van der Waals surface area contributed by atoms with Crippen LogP contribution in [0.2, 0.25) is 5.02 Å². The van der Waals surface area contributed by atoms with Crippen LogP contribution in [0.1, 0.15) is 42.9 Å². The number of anilines is 1. The van der Waals surface area contributed by atoms with Gasteiger partial charge >= 0.3 is 0 Å². The minimum absolute atomic E-state index is 0.0812. The summed E-state index contributed by atoms with van der Waals surface area (Å²) in [4.78, 5) is 28.8. The van der Waals surface area contributed by atoms with Crippen LogP contribution >= 0.6 is 11.6 Å². The summed E-state index contributed by atoms with van der Waals surface area (Å²) in [6.07, 6.45) is 2.67. The standard InChI is InChI=1S/C31H38ClN3O4S/c1-4-20-33-31(37)29(22-25-9-6-5-7-10-25)34(23-26-14-16-27(32)17-15-26)30(36)11-8-21-35(40(3,38)39)28-18-12-24(2)13-19-28/h5-7,9-10,12-19,29H,4,8,11,20-23H2,1-3H3,(H,33,37). The van der Waals surface area contributed by atoms with Crippen molar-refractivity contribution in [2.45, 2.75) is 52.1 Å². The molecule has 1 atom stereocenters. The SMILES string of the molecule is CCCNC(=O)C(Cc1ccccc1)N(Cc1ccc(Cl)cc1)C(=O)CCCN(c1ccc(C)cc1)S(C)(=O)=O. The molecular formula is C31H38ClN3O4S. The second-order valence-corrected chi connectivity index (χ2v) is 12.3. The van der Waals surface area contributed by atoms with Crippen LogP contribution in [0, 0.1) is 6.92 Å². The Hall–Kier alpha value is -3.36. The van der Waals surface area contributed by atoms with Crippen LogP contribution in [0.25, 0.3) is 0 Å². The summed E-state index contributed by atoms with van der Waals surface area (Å²) in [5, 5.41) is 3.55. The smallest absolute Gasteiger partial charge is 0.243 e. The maximum Gasteiger partial charge on any atom is 0.243 e. The monoisotopic (exact) mass is 583 g/mol. The normalized spacial score (nSPS) is 12.0. The van der Waals surface area contributed by atoms with Crippen molar-refractivity contribution in [1.82, 2.24) is 10.2 Å². The Morgan fingerprint density at radius 2 is 1.57 bits per heavy atom. The van der Waals surface area contributed by atoms with Gasteiger partial charge in [0.25, 0.3) is 0 Å². The van der Waals surface area contributed by atoms with Crippen molar-refractivity contribution in [2.24, 2.45) is 0 Å². The lowest BCUT2D eigenvalue weighted by Crippen LogP contribution is -2.50. The first-order chi connectivity index (χ1) is 19.1. The van der Waals surface area contributed by atoms with Crippen LogP contribution in [-0.2, 0) is 32.6 Å². The molecule has 0 saturated carbocycles. The van der Waals surface area contributed by atoms with Gasteiger partial charge < -0.3 is 10.2 Å². The molecule has 9 heteroatoms. The lowest BCUT2D eigenvalue weighted by molar-refractivity contribution is -0.141. The highest BCUT2D eigenvalue weighted by atomic mass is 35.5. The van der Waals surface area contributed by atoms with E-state index in [-0.39, 0.29) is 31.3 Å². The number of sulfonamides is 1. The third-order valence-electron chi connectivity index (χ3n) is 6.56. The highest BCUT2D eigenvalue weighted by Gasteiger charge is 2.30. The second-order valence-electron chi connectivity index (χ2n) is 9.92. The molecule has 0 spiro atoms. The second kappa shape index (κ2) is 14.9. The number of nitrogens with zero attached hydrogens (tertiary/aromatic N) is 2. The molecule has 2 amide bonds. The van der Waals surface area contributed by atoms with Gasteiger partial charge in [-0.05, 0) is 55.2 Å². The van der Waals surface area contributed by atoms with E-state index in [1.165, 1.54) is 4.31 Å². The Labute approximate surface area is 243 Å². The summed E-state index contributed by atoms with van der Waals surface area (Å²) in [5.41, 5.74) is 3.36. The molecule has 0 bridgehead atoms. The van der Waals surface area contributed by atoms with E-state index in [4.69, 9.17) is 11.6 Å². The van der Waals surface area contributed by atoms with Crippen molar-refractivity contribution in [1.29, 1.82) is 0 Å². The highest BCUT2D eigenvalue weighted by molar-refractivity contribution is 7.92. The third-order valence-corrected chi connectivity index (χ3v) is 8.01. The van der Waals surface area contributed by atoms with Crippen molar-refractivity contribution in [3.8, 4) is 0 Å². The van der Waals surface area contributed by atoms with Crippen LogP contribution < -0.4 is 9.62 Å². The number of rotatable bonds is 14. The molecule has 7 nitrogen and oxygen atoms in total. The van der Waals surface area contributed by atoms with E-state index < -0.39 is 16.1 Å². The number of hydrogen-bond acceptors (Lipinski definition) is 4. The Kier molecular flexibility index (Phi) is 11.6. The molecule has 214 valence electrons. The molecule has 3 aromatic carbocycles. The highest BCUT2D eigenvalue weighted by Crippen LogP contribution is 2.21. The van der Waals surface area contributed by atoms with E-state index in [9.17, 15) is 18.0 Å². The average Bonchev–Trinajstić information content (AvgIpc) is 2.93. The fraction of sp³-hybridized carbons (Fsp3) is 0.355. The van der Waals surface area contributed by atoms with Gasteiger partial charge in [-0.1, -0.05) is 78.7 Å². The molecular weight excluding hydrogens is 546 g/mol. The van der Waals surface area contributed by atoms with Gasteiger partial charge in [-0.25, -0.2) is 8.42 Å². The van der Waals surface area contributed by atoms with Gasteiger partial charge in [0.05, 0.1) is 11.9 Å². The van der Waals surface area contributed by atoms with E-state index in [1.54, 1.807) is 29.2 Å². The minimum atomic E-state index is -3.55. The number of nitrogens with one attached hydrogen (secondary N) is 1. The van der Waals surface area contributed by atoms with Crippen molar-refractivity contribution >= 4 is 39.1 Å². The molecule has 0 aliphatic carbocycles. The lowest BCUT2D eigenvalue weighted by atomic mass is 10.0. The van der Waals surface area contributed by atoms with Crippen molar-refractivity contribution in [2.75, 3.05) is 23.7 Å². The summed E-state index contributed by atoms with van der Waals surface area (Å²) in [6.45, 7) is 4.79. The summed E-state index contributed by atoms with van der Waals surface area (Å²) in [5.74, 6) is -0.440. The number of aryl methyl sites for hydroxylation is 1.